The second-order valence-electron chi connectivity index (χ2n) is 1.78. The van der Waals surface area contributed by atoms with E-state index in [1.54, 1.807) is 0 Å². The number of hydrogen-bond acceptors (Lipinski definition) is 1. The van der Waals surface area contributed by atoms with E-state index < -0.39 is 11.9 Å². The zero-order valence-electron chi connectivity index (χ0n) is 5.11. The zero-order valence-corrected chi connectivity index (χ0v) is 5.11. The van der Waals surface area contributed by atoms with Crippen molar-refractivity contribution in [2.45, 2.75) is 6.18 Å². The Morgan fingerprint density at radius 3 is 2.27 bits per heavy atom. The van der Waals surface area contributed by atoms with Crippen LogP contribution in [0.2, 0.25) is 0 Å². The van der Waals surface area contributed by atoms with Gasteiger partial charge in [-0.3, -0.25) is 4.68 Å². The van der Waals surface area contributed by atoms with Gasteiger partial charge in [-0.25, -0.2) is 0 Å². The minimum atomic E-state index is -4.32. The molecule has 0 saturated carbocycles. The van der Waals surface area contributed by atoms with Crippen molar-refractivity contribution < 1.29 is 13.2 Å². The van der Waals surface area contributed by atoms with Gasteiger partial charge in [0.05, 0.1) is 0 Å². The fourth-order valence-electron chi connectivity index (χ4n) is 0.589. The molecule has 1 heterocycles. The molecule has 0 aromatic carbocycles. The first-order valence-corrected chi connectivity index (χ1v) is 2.49. The predicted octanol–water partition coefficient (Wildman–Crippen LogP) is 0.591. The van der Waals surface area contributed by atoms with E-state index in [1.165, 1.54) is 7.05 Å². The summed E-state index contributed by atoms with van der Waals surface area (Å²) >= 11 is 0. The van der Waals surface area contributed by atoms with Crippen LogP contribution in [0.1, 0.15) is 5.69 Å². The second-order valence-corrected chi connectivity index (χ2v) is 1.78. The molecule has 6 heteroatoms. The summed E-state index contributed by atoms with van der Waals surface area (Å²) in [6, 6.07) is 0.806. The summed E-state index contributed by atoms with van der Waals surface area (Å²) in [5, 5.41) is 3.25. The molecular formula is C5H5F3LiN2. The molecule has 0 spiro atoms. The van der Waals surface area contributed by atoms with Crippen molar-refractivity contribution in [1.29, 1.82) is 0 Å². The first-order valence-electron chi connectivity index (χ1n) is 2.49. The molecule has 1 radical (unpaired) electrons. The van der Waals surface area contributed by atoms with E-state index in [4.69, 9.17) is 0 Å². The van der Waals surface area contributed by atoms with Gasteiger partial charge in [-0.05, 0) is 6.07 Å². The summed E-state index contributed by atoms with van der Waals surface area (Å²) in [6.07, 6.45) is -2.22. The average Bonchev–Trinajstić information content (AvgIpc) is 2.11. The number of aromatic nitrogens is 2. The average molecular weight is 157 g/mol. The summed E-state index contributed by atoms with van der Waals surface area (Å²) in [7, 11) is 1.22. The fraction of sp³-hybridized carbons (Fsp3) is 0.400. The van der Waals surface area contributed by atoms with E-state index in [9.17, 15) is 13.2 Å². The van der Waals surface area contributed by atoms with Crippen LogP contribution < -0.4 is 0 Å². The monoisotopic (exact) mass is 157 g/mol. The molecule has 0 atom stereocenters. The number of rotatable bonds is 0. The SMILES string of the molecule is Cn1n[c]cc1C(F)(F)F.[LiH]. The summed E-state index contributed by atoms with van der Waals surface area (Å²) in [6.45, 7) is 0. The van der Waals surface area contributed by atoms with Gasteiger partial charge < -0.3 is 0 Å². The van der Waals surface area contributed by atoms with Crippen molar-refractivity contribution >= 4 is 18.9 Å². The molecule has 57 valence electrons. The first-order chi connectivity index (χ1) is 4.52. The van der Waals surface area contributed by atoms with Crippen LogP contribution in [0.4, 0.5) is 13.2 Å². The first kappa shape index (κ1) is 10.6. The molecule has 1 aromatic heterocycles. The molecule has 0 N–H and O–H groups in total. The van der Waals surface area contributed by atoms with Crippen LogP contribution in [0, 0.1) is 6.20 Å². The van der Waals surface area contributed by atoms with E-state index in [2.05, 4.69) is 11.3 Å². The maximum atomic E-state index is 11.8. The maximum absolute atomic E-state index is 11.8. The zero-order chi connectivity index (χ0) is 7.78. The molecule has 0 unspecified atom stereocenters. The normalized spacial score (nSPS) is 10.9. The van der Waals surface area contributed by atoms with Gasteiger partial charge in [0.2, 0.25) is 0 Å². The number of halogens is 3. The van der Waals surface area contributed by atoms with Crippen molar-refractivity contribution in [3.63, 3.8) is 0 Å². The Morgan fingerprint density at radius 2 is 2.09 bits per heavy atom. The van der Waals surface area contributed by atoms with E-state index in [0.29, 0.717) is 0 Å². The van der Waals surface area contributed by atoms with Crippen LogP contribution in [0.15, 0.2) is 6.07 Å². The van der Waals surface area contributed by atoms with Gasteiger partial charge in [0, 0.05) is 7.05 Å². The predicted molar refractivity (Wildman–Crippen MR) is 34.2 cm³/mol. The molecule has 0 aliphatic rings. The third-order valence-corrected chi connectivity index (χ3v) is 1.05. The number of alkyl halides is 3. The van der Waals surface area contributed by atoms with Crippen molar-refractivity contribution in [3.8, 4) is 0 Å². The van der Waals surface area contributed by atoms with E-state index in [-0.39, 0.29) is 18.9 Å². The number of hydrogen-bond donors (Lipinski definition) is 0. The summed E-state index contributed by atoms with van der Waals surface area (Å²) in [5.41, 5.74) is -0.785. The van der Waals surface area contributed by atoms with Crippen molar-refractivity contribution in [1.82, 2.24) is 9.78 Å². The van der Waals surface area contributed by atoms with E-state index in [1.807, 2.05) is 0 Å². The fourth-order valence-corrected chi connectivity index (χ4v) is 0.589. The molecule has 2 nitrogen and oxygen atoms in total. The molecule has 0 bridgehead atoms. The minimum absolute atomic E-state index is 0. The molecule has 0 fully saturated rings. The molecule has 0 aliphatic carbocycles. The van der Waals surface area contributed by atoms with Gasteiger partial charge in [-0.15, -0.1) is 0 Å². The summed E-state index contributed by atoms with van der Waals surface area (Å²) in [4.78, 5) is 0. The van der Waals surface area contributed by atoms with E-state index in [0.717, 1.165) is 10.7 Å². The van der Waals surface area contributed by atoms with Crippen LogP contribution in [-0.2, 0) is 13.2 Å². The van der Waals surface area contributed by atoms with Crippen LogP contribution >= 0.6 is 0 Å². The number of aryl methyl sites for hydroxylation is 1. The Balaban J connectivity index is 0.000001000. The topological polar surface area (TPSA) is 17.8 Å². The van der Waals surface area contributed by atoms with Gasteiger partial charge in [-0.1, -0.05) is 0 Å². The summed E-state index contributed by atoms with van der Waals surface area (Å²) < 4.78 is 36.1. The molecule has 0 saturated heterocycles. The van der Waals surface area contributed by atoms with Crippen LogP contribution in [0.3, 0.4) is 0 Å². The Hall–Kier alpha value is -0.403. The molecular weight excluding hydrogens is 152 g/mol. The van der Waals surface area contributed by atoms with Crippen molar-refractivity contribution in [3.05, 3.63) is 18.0 Å². The standard InChI is InChI=1S/C5H4F3N2.Li.H/c1-10-4(2-3-9-10)5(6,7)8;;/h2H,1H3;;. The third-order valence-electron chi connectivity index (χ3n) is 1.05. The molecule has 1 rings (SSSR count). The Bertz CT molecular complexity index is 230. The number of nitrogens with zero attached hydrogens (tertiary/aromatic N) is 2. The van der Waals surface area contributed by atoms with Crippen LogP contribution in [0.25, 0.3) is 0 Å². The van der Waals surface area contributed by atoms with Gasteiger partial charge in [-0.2, -0.15) is 18.3 Å². The van der Waals surface area contributed by atoms with Crippen LogP contribution in [-0.4, -0.2) is 28.6 Å². The van der Waals surface area contributed by atoms with Gasteiger partial charge in [0.1, 0.15) is 11.9 Å². The third kappa shape index (κ3) is 2.28. The molecule has 11 heavy (non-hydrogen) atoms. The van der Waals surface area contributed by atoms with Crippen molar-refractivity contribution in [2.24, 2.45) is 7.05 Å². The Morgan fingerprint density at radius 1 is 1.55 bits per heavy atom. The van der Waals surface area contributed by atoms with E-state index >= 15 is 0 Å². The molecule has 0 aliphatic heterocycles. The Kier molecular flexibility index (Phi) is 3.21. The van der Waals surface area contributed by atoms with Gasteiger partial charge >= 0.3 is 25.0 Å². The van der Waals surface area contributed by atoms with Crippen molar-refractivity contribution in [2.75, 3.05) is 0 Å². The molecule has 0 amide bonds. The summed E-state index contributed by atoms with van der Waals surface area (Å²) in [5.74, 6) is 0. The second kappa shape index (κ2) is 3.33. The van der Waals surface area contributed by atoms with Gasteiger partial charge in [0.25, 0.3) is 0 Å². The van der Waals surface area contributed by atoms with Crippen LogP contribution in [0.5, 0.6) is 0 Å². The van der Waals surface area contributed by atoms with Gasteiger partial charge in [0.15, 0.2) is 0 Å². The molecule has 1 aromatic rings. The Labute approximate surface area is 73.6 Å². The quantitative estimate of drug-likeness (QED) is 0.504.